The van der Waals surface area contributed by atoms with Gasteiger partial charge in [0.1, 0.15) is 6.54 Å². The standard InChI is InChI=1S/C11H17F2N5O/c1-16-2-4-17(5-3-16)11(19)10-8(14)6-18(15-10)7-9(12)13/h6,9H,2-5,7,14H2,1H3. The molecule has 1 aromatic heterocycles. The SMILES string of the molecule is CN1CCN(C(=O)c2nn(CC(F)F)cc2N)CC1. The topological polar surface area (TPSA) is 67.4 Å². The molecule has 0 bridgehead atoms. The van der Waals surface area contributed by atoms with Gasteiger partial charge in [-0.05, 0) is 7.05 Å². The van der Waals surface area contributed by atoms with Crippen LogP contribution >= 0.6 is 0 Å². The van der Waals surface area contributed by atoms with E-state index in [0.717, 1.165) is 17.8 Å². The largest absolute Gasteiger partial charge is 0.396 e. The molecule has 1 aliphatic heterocycles. The van der Waals surface area contributed by atoms with Crippen molar-refractivity contribution in [2.75, 3.05) is 39.0 Å². The summed E-state index contributed by atoms with van der Waals surface area (Å²) in [5, 5.41) is 3.85. The van der Waals surface area contributed by atoms with Gasteiger partial charge in [-0.2, -0.15) is 5.10 Å². The molecule has 1 amide bonds. The number of alkyl halides is 2. The first kappa shape index (κ1) is 13.7. The van der Waals surface area contributed by atoms with E-state index in [9.17, 15) is 13.6 Å². The molecule has 8 heteroatoms. The first-order valence-corrected chi connectivity index (χ1v) is 6.06. The third kappa shape index (κ3) is 3.19. The van der Waals surface area contributed by atoms with Crippen molar-refractivity contribution >= 4 is 11.6 Å². The maximum atomic E-state index is 12.3. The Morgan fingerprint density at radius 3 is 2.63 bits per heavy atom. The van der Waals surface area contributed by atoms with Gasteiger partial charge in [0.15, 0.2) is 5.69 Å². The minimum atomic E-state index is -2.52. The fourth-order valence-electron chi connectivity index (χ4n) is 2.00. The maximum Gasteiger partial charge on any atom is 0.276 e. The molecule has 1 fully saturated rings. The normalized spacial score (nSPS) is 17.2. The Bertz CT molecular complexity index is 454. The van der Waals surface area contributed by atoms with Gasteiger partial charge in [-0.1, -0.05) is 0 Å². The number of rotatable bonds is 3. The van der Waals surface area contributed by atoms with Crippen LogP contribution in [0.1, 0.15) is 10.5 Å². The molecule has 6 nitrogen and oxygen atoms in total. The minimum absolute atomic E-state index is 0.0604. The van der Waals surface area contributed by atoms with E-state index in [2.05, 4.69) is 10.00 Å². The molecule has 2 rings (SSSR count). The van der Waals surface area contributed by atoms with E-state index in [1.165, 1.54) is 6.20 Å². The number of carbonyl (C=O) groups is 1. The van der Waals surface area contributed by atoms with Crippen LogP contribution in [0.15, 0.2) is 6.20 Å². The monoisotopic (exact) mass is 273 g/mol. The zero-order chi connectivity index (χ0) is 14.0. The third-order valence-corrected chi connectivity index (χ3v) is 3.11. The lowest BCUT2D eigenvalue weighted by Crippen LogP contribution is -2.47. The fourth-order valence-corrected chi connectivity index (χ4v) is 2.00. The fraction of sp³-hybridized carbons (Fsp3) is 0.636. The molecule has 0 atom stereocenters. The van der Waals surface area contributed by atoms with Crippen molar-refractivity contribution < 1.29 is 13.6 Å². The second-order valence-corrected chi connectivity index (χ2v) is 4.64. The summed E-state index contributed by atoms with van der Waals surface area (Å²) in [4.78, 5) is 15.9. The van der Waals surface area contributed by atoms with Crippen molar-refractivity contribution in [2.45, 2.75) is 13.0 Å². The zero-order valence-corrected chi connectivity index (χ0v) is 10.7. The summed E-state index contributed by atoms with van der Waals surface area (Å²) >= 11 is 0. The summed E-state index contributed by atoms with van der Waals surface area (Å²) < 4.78 is 25.5. The molecule has 1 aliphatic rings. The smallest absolute Gasteiger partial charge is 0.276 e. The van der Waals surface area contributed by atoms with Crippen molar-refractivity contribution in [2.24, 2.45) is 0 Å². The number of hydrogen-bond donors (Lipinski definition) is 1. The summed E-state index contributed by atoms with van der Waals surface area (Å²) in [5.74, 6) is -0.293. The van der Waals surface area contributed by atoms with Crippen LogP contribution in [0, 0.1) is 0 Å². The summed E-state index contributed by atoms with van der Waals surface area (Å²) in [7, 11) is 1.98. The van der Waals surface area contributed by atoms with Gasteiger partial charge in [-0.25, -0.2) is 8.78 Å². The number of aromatic nitrogens is 2. The molecule has 106 valence electrons. The van der Waals surface area contributed by atoms with Crippen molar-refractivity contribution in [1.82, 2.24) is 19.6 Å². The number of hydrogen-bond acceptors (Lipinski definition) is 4. The van der Waals surface area contributed by atoms with E-state index in [0.29, 0.717) is 13.1 Å². The number of carbonyl (C=O) groups excluding carboxylic acids is 1. The molecule has 0 spiro atoms. The highest BCUT2D eigenvalue weighted by atomic mass is 19.3. The molecule has 2 N–H and O–H groups in total. The van der Waals surface area contributed by atoms with Crippen LogP contribution in [0.2, 0.25) is 0 Å². The lowest BCUT2D eigenvalue weighted by atomic mass is 10.2. The summed E-state index contributed by atoms with van der Waals surface area (Å²) in [6, 6.07) is 0. The molecule has 0 unspecified atom stereocenters. The zero-order valence-electron chi connectivity index (χ0n) is 10.7. The Morgan fingerprint density at radius 2 is 2.05 bits per heavy atom. The lowest BCUT2D eigenvalue weighted by Gasteiger charge is -2.32. The Hall–Kier alpha value is -1.70. The minimum Gasteiger partial charge on any atom is -0.396 e. The molecular weight excluding hydrogens is 256 g/mol. The summed E-state index contributed by atoms with van der Waals surface area (Å²) in [6.07, 6.45) is -1.25. The van der Waals surface area contributed by atoms with E-state index in [1.54, 1.807) is 4.90 Å². The van der Waals surface area contributed by atoms with E-state index < -0.39 is 13.0 Å². The van der Waals surface area contributed by atoms with Crippen LogP contribution in [-0.2, 0) is 6.54 Å². The van der Waals surface area contributed by atoms with E-state index in [4.69, 9.17) is 5.73 Å². The number of halogens is 2. The van der Waals surface area contributed by atoms with E-state index in [1.807, 2.05) is 7.05 Å². The van der Waals surface area contributed by atoms with Crippen LogP contribution < -0.4 is 5.73 Å². The van der Waals surface area contributed by atoms with Gasteiger partial charge in [0.05, 0.1) is 5.69 Å². The first-order valence-electron chi connectivity index (χ1n) is 6.06. The third-order valence-electron chi connectivity index (χ3n) is 3.11. The molecule has 1 aromatic rings. The van der Waals surface area contributed by atoms with E-state index in [-0.39, 0.29) is 17.3 Å². The average molecular weight is 273 g/mol. The Kier molecular flexibility index (Phi) is 3.98. The molecule has 0 aliphatic carbocycles. The van der Waals surface area contributed by atoms with Crippen molar-refractivity contribution in [3.8, 4) is 0 Å². The summed E-state index contributed by atoms with van der Waals surface area (Å²) in [5.41, 5.74) is 5.87. The Balaban J connectivity index is 2.08. The highest BCUT2D eigenvalue weighted by Crippen LogP contribution is 2.14. The van der Waals surface area contributed by atoms with Gasteiger partial charge < -0.3 is 15.5 Å². The molecular formula is C11H17F2N5O. The summed E-state index contributed by atoms with van der Waals surface area (Å²) in [6.45, 7) is 2.19. The highest BCUT2D eigenvalue weighted by molar-refractivity contribution is 5.97. The number of nitrogens with two attached hydrogens (primary N) is 1. The Morgan fingerprint density at radius 1 is 1.42 bits per heavy atom. The van der Waals surface area contributed by atoms with Crippen molar-refractivity contribution in [3.63, 3.8) is 0 Å². The first-order chi connectivity index (χ1) is 8.97. The van der Waals surface area contributed by atoms with Crippen molar-refractivity contribution in [3.05, 3.63) is 11.9 Å². The number of likely N-dealkylation sites (N-methyl/N-ethyl adjacent to an activating group) is 1. The van der Waals surface area contributed by atoms with Crippen LogP contribution in [0.5, 0.6) is 0 Å². The average Bonchev–Trinajstić information content (AvgIpc) is 2.69. The number of anilines is 1. The molecule has 2 heterocycles. The van der Waals surface area contributed by atoms with Crippen LogP contribution in [-0.4, -0.2) is 65.1 Å². The Labute approximate surface area is 109 Å². The predicted molar refractivity (Wildman–Crippen MR) is 66.0 cm³/mol. The number of nitrogens with zero attached hydrogens (tertiary/aromatic N) is 4. The molecule has 1 saturated heterocycles. The van der Waals surface area contributed by atoms with Crippen molar-refractivity contribution in [1.29, 1.82) is 0 Å². The van der Waals surface area contributed by atoms with Crippen LogP contribution in [0.4, 0.5) is 14.5 Å². The second-order valence-electron chi connectivity index (χ2n) is 4.64. The predicted octanol–water partition coefficient (Wildman–Crippen LogP) is 0.118. The van der Waals surface area contributed by atoms with Gasteiger partial charge in [0.2, 0.25) is 0 Å². The highest BCUT2D eigenvalue weighted by Gasteiger charge is 2.24. The van der Waals surface area contributed by atoms with Crippen LogP contribution in [0.25, 0.3) is 0 Å². The van der Waals surface area contributed by atoms with Gasteiger partial charge in [-0.3, -0.25) is 9.48 Å². The van der Waals surface area contributed by atoms with Gasteiger partial charge in [0.25, 0.3) is 12.3 Å². The van der Waals surface area contributed by atoms with Gasteiger partial charge in [0, 0.05) is 32.4 Å². The number of piperazine rings is 1. The quantitative estimate of drug-likeness (QED) is 0.849. The van der Waals surface area contributed by atoms with E-state index >= 15 is 0 Å². The molecule has 0 saturated carbocycles. The molecule has 0 radical (unpaired) electrons. The number of nitrogen functional groups attached to an aromatic ring is 1. The van der Waals surface area contributed by atoms with Gasteiger partial charge >= 0.3 is 0 Å². The lowest BCUT2D eigenvalue weighted by molar-refractivity contribution is 0.0656. The van der Waals surface area contributed by atoms with Crippen LogP contribution in [0.3, 0.4) is 0 Å². The van der Waals surface area contributed by atoms with Gasteiger partial charge in [-0.15, -0.1) is 0 Å². The number of amides is 1. The second kappa shape index (κ2) is 5.52. The molecule has 0 aromatic carbocycles. The molecule has 19 heavy (non-hydrogen) atoms. The maximum absolute atomic E-state index is 12.3.